The van der Waals surface area contributed by atoms with Gasteiger partial charge in [0.05, 0.1) is 7.11 Å². The van der Waals surface area contributed by atoms with Crippen molar-refractivity contribution in [2.75, 3.05) is 7.11 Å². The van der Waals surface area contributed by atoms with E-state index in [0.717, 1.165) is 34.8 Å². The van der Waals surface area contributed by atoms with Gasteiger partial charge in [-0.2, -0.15) is 0 Å². The molecule has 0 N–H and O–H groups in total. The van der Waals surface area contributed by atoms with Gasteiger partial charge in [0.1, 0.15) is 5.75 Å². The number of nitrogens with zero attached hydrogens (tertiary/aromatic N) is 1. The first-order valence-corrected chi connectivity index (χ1v) is 6.33. The third-order valence-corrected chi connectivity index (χ3v) is 3.43. The summed E-state index contributed by atoms with van der Waals surface area (Å²) < 4.78 is 7.39. The van der Waals surface area contributed by atoms with Gasteiger partial charge in [-0.25, -0.2) is 0 Å². The van der Waals surface area contributed by atoms with Crippen LogP contribution in [0.2, 0.25) is 0 Å². The highest BCUT2D eigenvalue weighted by molar-refractivity contribution is 5.95. The number of carbonyl (C=O) groups is 1. The number of aromatic nitrogens is 1. The third kappa shape index (κ3) is 2.70. The molecule has 0 aliphatic rings. The second-order valence-electron chi connectivity index (χ2n) is 4.78. The fourth-order valence-corrected chi connectivity index (χ4v) is 2.35. The van der Waals surface area contributed by atoms with Crippen LogP contribution in [-0.4, -0.2) is 17.5 Å². The Kier molecular flexibility index (Phi) is 3.74. The lowest BCUT2D eigenvalue weighted by Crippen LogP contribution is -2.05. The predicted octanol–water partition coefficient (Wildman–Crippen LogP) is 3.36. The Bertz CT molecular complexity index is 611. The summed E-state index contributed by atoms with van der Waals surface area (Å²) in [6.45, 7) is 6.38. The molecule has 3 nitrogen and oxygen atoms in total. The van der Waals surface area contributed by atoms with Gasteiger partial charge in [-0.1, -0.05) is 12.1 Å². The van der Waals surface area contributed by atoms with Crippen molar-refractivity contribution in [1.29, 1.82) is 0 Å². The molecule has 0 aliphatic carbocycles. The van der Waals surface area contributed by atoms with Crippen molar-refractivity contribution in [2.24, 2.45) is 0 Å². The number of hydrogen-bond donors (Lipinski definition) is 0. The SMILES string of the molecule is COc1cccc(Cn2c(C)cc(C(C)=O)c2C)c1. The van der Waals surface area contributed by atoms with Crippen LogP contribution in [0.3, 0.4) is 0 Å². The minimum absolute atomic E-state index is 0.116. The zero-order chi connectivity index (χ0) is 14.0. The van der Waals surface area contributed by atoms with Crippen LogP contribution >= 0.6 is 0 Å². The summed E-state index contributed by atoms with van der Waals surface area (Å²) in [7, 11) is 1.67. The van der Waals surface area contributed by atoms with Crippen LogP contribution in [0.4, 0.5) is 0 Å². The van der Waals surface area contributed by atoms with Crippen molar-refractivity contribution in [3.63, 3.8) is 0 Å². The van der Waals surface area contributed by atoms with Gasteiger partial charge >= 0.3 is 0 Å². The van der Waals surface area contributed by atoms with E-state index < -0.39 is 0 Å². The fraction of sp³-hybridized carbons (Fsp3) is 0.312. The van der Waals surface area contributed by atoms with E-state index in [1.54, 1.807) is 14.0 Å². The highest BCUT2D eigenvalue weighted by Gasteiger charge is 2.12. The molecule has 100 valence electrons. The number of hydrogen-bond acceptors (Lipinski definition) is 2. The average Bonchev–Trinajstić information content (AvgIpc) is 2.67. The first-order valence-electron chi connectivity index (χ1n) is 6.33. The quantitative estimate of drug-likeness (QED) is 0.786. The molecule has 0 amide bonds. The van der Waals surface area contributed by atoms with Crippen LogP contribution in [0.1, 0.15) is 34.2 Å². The van der Waals surface area contributed by atoms with Gasteiger partial charge in [0.2, 0.25) is 0 Å². The van der Waals surface area contributed by atoms with Crippen molar-refractivity contribution >= 4 is 5.78 Å². The summed E-state index contributed by atoms with van der Waals surface area (Å²) in [4.78, 5) is 11.6. The molecule has 1 heterocycles. The summed E-state index contributed by atoms with van der Waals surface area (Å²) in [5.41, 5.74) is 4.09. The van der Waals surface area contributed by atoms with E-state index in [9.17, 15) is 4.79 Å². The number of Topliss-reactive ketones (excluding diaryl/α,β-unsaturated/α-hetero) is 1. The number of ketones is 1. The molecule has 0 unspecified atom stereocenters. The second-order valence-corrected chi connectivity index (χ2v) is 4.78. The average molecular weight is 257 g/mol. The van der Waals surface area contributed by atoms with Crippen molar-refractivity contribution < 1.29 is 9.53 Å². The Morgan fingerprint density at radius 3 is 2.58 bits per heavy atom. The molecule has 0 bridgehead atoms. The van der Waals surface area contributed by atoms with Crippen molar-refractivity contribution in [2.45, 2.75) is 27.3 Å². The van der Waals surface area contributed by atoms with Crippen LogP contribution in [0, 0.1) is 13.8 Å². The molecule has 0 aliphatic heterocycles. The number of ether oxygens (including phenoxy) is 1. The van der Waals surface area contributed by atoms with Crippen molar-refractivity contribution in [3.8, 4) is 5.75 Å². The van der Waals surface area contributed by atoms with Crippen LogP contribution in [0.25, 0.3) is 0 Å². The van der Waals surface area contributed by atoms with Crippen LogP contribution in [0.15, 0.2) is 30.3 Å². The lowest BCUT2D eigenvalue weighted by Gasteiger charge is -2.10. The van der Waals surface area contributed by atoms with Crippen molar-refractivity contribution in [3.05, 3.63) is 52.8 Å². The predicted molar refractivity (Wildman–Crippen MR) is 76.0 cm³/mol. The maximum absolute atomic E-state index is 11.6. The Hall–Kier alpha value is -2.03. The number of aryl methyl sites for hydroxylation is 1. The Labute approximate surface area is 113 Å². The summed E-state index contributed by atoms with van der Waals surface area (Å²) >= 11 is 0. The first kappa shape index (κ1) is 13.4. The zero-order valence-corrected chi connectivity index (χ0v) is 11.9. The lowest BCUT2D eigenvalue weighted by molar-refractivity contribution is 0.101. The molecule has 3 heteroatoms. The van der Waals surface area contributed by atoms with E-state index >= 15 is 0 Å². The molecule has 0 radical (unpaired) electrons. The number of rotatable bonds is 4. The van der Waals surface area contributed by atoms with E-state index in [1.807, 2.05) is 38.1 Å². The fourth-order valence-electron chi connectivity index (χ4n) is 2.35. The summed E-state index contributed by atoms with van der Waals surface area (Å²) in [6, 6.07) is 9.95. The topological polar surface area (TPSA) is 31.2 Å². The van der Waals surface area contributed by atoms with Crippen LogP contribution in [-0.2, 0) is 6.54 Å². The van der Waals surface area contributed by atoms with Gasteiger partial charge in [-0.05, 0) is 44.5 Å². The highest BCUT2D eigenvalue weighted by atomic mass is 16.5. The van der Waals surface area contributed by atoms with Crippen LogP contribution < -0.4 is 4.74 Å². The minimum Gasteiger partial charge on any atom is -0.497 e. The largest absolute Gasteiger partial charge is 0.497 e. The summed E-state index contributed by atoms with van der Waals surface area (Å²) in [5.74, 6) is 0.969. The normalized spacial score (nSPS) is 10.5. The maximum Gasteiger partial charge on any atom is 0.161 e. The molecular weight excluding hydrogens is 238 g/mol. The van der Waals surface area contributed by atoms with E-state index in [-0.39, 0.29) is 5.78 Å². The minimum atomic E-state index is 0.116. The van der Waals surface area contributed by atoms with Crippen molar-refractivity contribution in [1.82, 2.24) is 4.57 Å². The Morgan fingerprint density at radius 1 is 1.26 bits per heavy atom. The Balaban J connectivity index is 2.35. The highest BCUT2D eigenvalue weighted by Crippen LogP contribution is 2.19. The molecule has 1 aromatic heterocycles. The Morgan fingerprint density at radius 2 is 2.00 bits per heavy atom. The van der Waals surface area contributed by atoms with Crippen LogP contribution in [0.5, 0.6) is 5.75 Å². The number of carbonyl (C=O) groups excluding carboxylic acids is 1. The molecule has 0 atom stereocenters. The smallest absolute Gasteiger partial charge is 0.161 e. The van der Waals surface area contributed by atoms with Gasteiger partial charge in [-0.15, -0.1) is 0 Å². The molecule has 0 spiro atoms. The molecule has 0 saturated carbocycles. The molecule has 0 fully saturated rings. The molecule has 19 heavy (non-hydrogen) atoms. The first-order chi connectivity index (χ1) is 9.02. The van der Waals surface area contributed by atoms with E-state index in [0.29, 0.717) is 0 Å². The van der Waals surface area contributed by atoms with Gasteiger partial charge in [0, 0.05) is 23.5 Å². The molecular formula is C16H19NO2. The maximum atomic E-state index is 11.6. The second kappa shape index (κ2) is 5.31. The van der Waals surface area contributed by atoms with E-state index in [1.165, 1.54) is 0 Å². The molecule has 1 aromatic carbocycles. The van der Waals surface area contributed by atoms with Gasteiger partial charge < -0.3 is 9.30 Å². The number of methoxy groups -OCH3 is 1. The monoisotopic (exact) mass is 257 g/mol. The number of benzene rings is 1. The summed E-state index contributed by atoms with van der Waals surface area (Å²) in [6.07, 6.45) is 0. The molecule has 2 aromatic rings. The van der Waals surface area contributed by atoms with Gasteiger partial charge in [0.25, 0.3) is 0 Å². The summed E-state index contributed by atoms with van der Waals surface area (Å²) in [5, 5.41) is 0. The zero-order valence-electron chi connectivity index (χ0n) is 11.9. The standard InChI is InChI=1S/C16H19NO2/c1-11-8-16(13(3)18)12(2)17(11)10-14-6-5-7-15(9-14)19-4/h5-9H,10H2,1-4H3. The van der Waals surface area contributed by atoms with Gasteiger partial charge in [-0.3, -0.25) is 4.79 Å². The van der Waals surface area contributed by atoms with Gasteiger partial charge in [0.15, 0.2) is 5.78 Å². The molecule has 0 saturated heterocycles. The third-order valence-electron chi connectivity index (χ3n) is 3.43. The molecule has 2 rings (SSSR count). The lowest BCUT2D eigenvalue weighted by atomic mass is 10.2. The van der Waals surface area contributed by atoms with E-state index in [4.69, 9.17) is 4.74 Å². The van der Waals surface area contributed by atoms with E-state index in [2.05, 4.69) is 10.6 Å².